The van der Waals surface area contributed by atoms with Crippen molar-refractivity contribution >= 4 is 11.6 Å². The van der Waals surface area contributed by atoms with E-state index in [1.54, 1.807) is 23.0 Å². The van der Waals surface area contributed by atoms with E-state index in [0.717, 1.165) is 5.69 Å². The molecule has 0 radical (unpaired) electrons. The third-order valence-corrected chi connectivity index (χ3v) is 1.62. The quantitative estimate of drug-likeness (QED) is 0.710. The molecule has 0 unspecified atom stereocenters. The smallest absolute Gasteiger partial charge is 0.151 e. The lowest BCUT2D eigenvalue weighted by Gasteiger charge is -1.94. The van der Waals surface area contributed by atoms with Crippen LogP contribution in [-0.2, 0) is 6.54 Å². The summed E-state index contributed by atoms with van der Waals surface area (Å²) in [6, 6.07) is 3.51. The molecule has 2 aromatic heterocycles. The van der Waals surface area contributed by atoms with Crippen LogP contribution in [0.1, 0.15) is 5.69 Å². The number of hydrogen-bond donors (Lipinski definition) is 0. The third kappa shape index (κ3) is 1.48. The molecular formula is C7H6ClN3O. The second-order valence-electron chi connectivity index (χ2n) is 2.33. The van der Waals surface area contributed by atoms with Gasteiger partial charge in [-0.05, 0) is 6.07 Å². The minimum absolute atomic E-state index is 0.485. The Morgan fingerprint density at radius 3 is 3.00 bits per heavy atom. The molecule has 0 N–H and O–H groups in total. The van der Waals surface area contributed by atoms with E-state index in [0.29, 0.717) is 11.7 Å². The van der Waals surface area contributed by atoms with E-state index in [-0.39, 0.29) is 0 Å². The van der Waals surface area contributed by atoms with Crippen LogP contribution in [0.2, 0.25) is 5.15 Å². The van der Waals surface area contributed by atoms with Crippen LogP contribution in [0.3, 0.4) is 0 Å². The summed E-state index contributed by atoms with van der Waals surface area (Å²) in [6.45, 7) is 0.587. The van der Waals surface area contributed by atoms with Crippen molar-refractivity contribution in [1.82, 2.24) is 14.9 Å². The number of hydrogen-bond acceptors (Lipinski definition) is 3. The van der Waals surface area contributed by atoms with Crippen molar-refractivity contribution in [3.05, 3.63) is 35.4 Å². The molecule has 0 aliphatic heterocycles. The summed E-state index contributed by atoms with van der Waals surface area (Å²) in [7, 11) is 0. The SMILES string of the molecule is Clc1ccn(Cc2ccon2)n1. The van der Waals surface area contributed by atoms with Gasteiger partial charge in [-0.25, -0.2) is 0 Å². The Morgan fingerprint density at radius 2 is 2.42 bits per heavy atom. The van der Waals surface area contributed by atoms with E-state index in [1.165, 1.54) is 6.26 Å². The maximum absolute atomic E-state index is 5.62. The monoisotopic (exact) mass is 183 g/mol. The zero-order valence-corrected chi connectivity index (χ0v) is 6.90. The van der Waals surface area contributed by atoms with Crippen molar-refractivity contribution in [1.29, 1.82) is 0 Å². The number of halogens is 1. The molecule has 62 valence electrons. The minimum atomic E-state index is 0.485. The third-order valence-electron chi connectivity index (χ3n) is 1.42. The highest BCUT2D eigenvalue weighted by molar-refractivity contribution is 6.29. The summed E-state index contributed by atoms with van der Waals surface area (Å²) >= 11 is 5.62. The first-order valence-electron chi connectivity index (χ1n) is 3.43. The maximum atomic E-state index is 5.62. The summed E-state index contributed by atoms with van der Waals surface area (Å²) in [4.78, 5) is 0. The number of rotatable bonds is 2. The summed E-state index contributed by atoms with van der Waals surface area (Å²) in [5, 5.41) is 8.21. The van der Waals surface area contributed by atoms with Gasteiger partial charge in [-0.15, -0.1) is 0 Å². The minimum Gasteiger partial charge on any atom is -0.364 e. The van der Waals surface area contributed by atoms with Crippen molar-refractivity contribution in [2.24, 2.45) is 0 Å². The van der Waals surface area contributed by atoms with Gasteiger partial charge in [-0.1, -0.05) is 16.8 Å². The first kappa shape index (κ1) is 7.36. The standard InChI is InChI=1S/C7H6ClN3O/c8-7-1-3-11(9-7)5-6-2-4-12-10-6/h1-4H,5H2. The van der Waals surface area contributed by atoms with Crippen molar-refractivity contribution in [2.75, 3.05) is 0 Å². The van der Waals surface area contributed by atoms with Crippen molar-refractivity contribution in [3.8, 4) is 0 Å². The summed E-state index contributed by atoms with van der Waals surface area (Å²) in [5.74, 6) is 0. The average Bonchev–Trinajstić information content (AvgIpc) is 2.63. The average molecular weight is 184 g/mol. The molecule has 0 amide bonds. The van der Waals surface area contributed by atoms with E-state index in [4.69, 9.17) is 11.6 Å². The fourth-order valence-electron chi connectivity index (χ4n) is 0.910. The molecule has 0 saturated carbocycles. The molecule has 0 aromatic carbocycles. The molecule has 2 rings (SSSR count). The van der Waals surface area contributed by atoms with Crippen molar-refractivity contribution in [2.45, 2.75) is 6.54 Å². The number of nitrogens with zero attached hydrogens (tertiary/aromatic N) is 3. The first-order valence-corrected chi connectivity index (χ1v) is 3.80. The van der Waals surface area contributed by atoms with Gasteiger partial charge in [0.15, 0.2) is 5.15 Å². The Labute approximate surface area is 73.7 Å². The summed E-state index contributed by atoms with van der Waals surface area (Å²) in [6.07, 6.45) is 3.32. The molecule has 0 aliphatic rings. The van der Waals surface area contributed by atoms with Gasteiger partial charge >= 0.3 is 0 Å². The lowest BCUT2D eigenvalue weighted by atomic mass is 10.4. The van der Waals surface area contributed by atoms with Crippen LogP contribution in [0.4, 0.5) is 0 Å². The zero-order chi connectivity index (χ0) is 8.39. The molecular weight excluding hydrogens is 178 g/mol. The second kappa shape index (κ2) is 2.98. The lowest BCUT2D eigenvalue weighted by molar-refractivity contribution is 0.408. The molecule has 4 nitrogen and oxygen atoms in total. The number of aromatic nitrogens is 3. The first-order chi connectivity index (χ1) is 5.84. The Kier molecular flexibility index (Phi) is 1.83. The molecule has 0 spiro atoms. The van der Waals surface area contributed by atoms with Gasteiger partial charge in [-0.3, -0.25) is 4.68 Å². The van der Waals surface area contributed by atoms with Crippen LogP contribution < -0.4 is 0 Å². The van der Waals surface area contributed by atoms with E-state index in [2.05, 4.69) is 14.8 Å². The van der Waals surface area contributed by atoms with E-state index in [9.17, 15) is 0 Å². The maximum Gasteiger partial charge on any atom is 0.151 e. The highest BCUT2D eigenvalue weighted by Gasteiger charge is 1.99. The van der Waals surface area contributed by atoms with E-state index in [1.807, 2.05) is 0 Å². The summed E-state index contributed by atoms with van der Waals surface area (Å²) in [5.41, 5.74) is 0.828. The molecule has 0 saturated heterocycles. The Hall–Kier alpha value is -1.29. The van der Waals surface area contributed by atoms with Crippen molar-refractivity contribution in [3.63, 3.8) is 0 Å². The van der Waals surface area contributed by atoms with Crippen LogP contribution in [-0.4, -0.2) is 14.9 Å². The second-order valence-corrected chi connectivity index (χ2v) is 2.71. The largest absolute Gasteiger partial charge is 0.364 e. The normalized spacial score (nSPS) is 10.4. The predicted molar refractivity (Wildman–Crippen MR) is 42.8 cm³/mol. The van der Waals surface area contributed by atoms with Gasteiger partial charge in [0.1, 0.15) is 12.0 Å². The van der Waals surface area contributed by atoms with Crippen LogP contribution >= 0.6 is 11.6 Å². The fraction of sp³-hybridized carbons (Fsp3) is 0.143. The summed E-state index contributed by atoms with van der Waals surface area (Å²) < 4.78 is 6.36. The molecule has 0 bridgehead atoms. The fourth-order valence-corrected chi connectivity index (χ4v) is 1.06. The molecule has 0 fully saturated rings. The van der Waals surface area contributed by atoms with Gasteiger partial charge in [0.2, 0.25) is 0 Å². The van der Waals surface area contributed by atoms with Crippen LogP contribution in [0.15, 0.2) is 29.1 Å². The van der Waals surface area contributed by atoms with Gasteiger partial charge < -0.3 is 4.52 Å². The van der Waals surface area contributed by atoms with Crippen LogP contribution in [0.5, 0.6) is 0 Å². The topological polar surface area (TPSA) is 43.9 Å². The molecule has 0 atom stereocenters. The van der Waals surface area contributed by atoms with Crippen LogP contribution in [0.25, 0.3) is 0 Å². The van der Waals surface area contributed by atoms with Crippen molar-refractivity contribution < 1.29 is 4.52 Å². The molecule has 5 heteroatoms. The Balaban J connectivity index is 2.14. The Bertz CT molecular complexity index is 354. The predicted octanol–water partition coefficient (Wildman–Crippen LogP) is 1.57. The highest BCUT2D eigenvalue weighted by Crippen LogP contribution is 2.04. The van der Waals surface area contributed by atoms with E-state index < -0.39 is 0 Å². The van der Waals surface area contributed by atoms with E-state index >= 15 is 0 Å². The van der Waals surface area contributed by atoms with Gasteiger partial charge in [-0.2, -0.15) is 5.10 Å². The molecule has 12 heavy (non-hydrogen) atoms. The van der Waals surface area contributed by atoms with Gasteiger partial charge in [0.25, 0.3) is 0 Å². The zero-order valence-electron chi connectivity index (χ0n) is 6.14. The van der Waals surface area contributed by atoms with Gasteiger partial charge in [0, 0.05) is 12.3 Å². The molecule has 2 aromatic rings. The molecule has 2 heterocycles. The van der Waals surface area contributed by atoms with Crippen LogP contribution in [0, 0.1) is 0 Å². The Morgan fingerprint density at radius 1 is 1.50 bits per heavy atom. The lowest BCUT2D eigenvalue weighted by Crippen LogP contribution is -1.99. The highest BCUT2D eigenvalue weighted by atomic mass is 35.5. The molecule has 0 aliphatic carbocycles. The van der Waals surface area contributed by atoms with Gasteiger partial charge in [0.05, 0.1) is 6.54 Å².